The van der Waals surface area contributed by atoms with Crippen LogP contribution in [0.3, 0.4) is 0 Å². The zero-order chi connectivity index (χ0) is 14.6. The van der Waals surface area contributed by atoms with Gasteiger partial charge in [-0.05, 0) is 18.3 Å². The maximum Gasteiger partial charge on any atom is 0.326 e. The van der Waals surface area contributed by atoms with Crippen LogP contribution in [0.15, 0.2) is 0 Å². The summed E-state index contributed by atoms with van der Waals surface area (Å²) in [6.07, 6.45) is 0.00432. The number of amides is 2. The summed E-state index contributed by atoms with van der Waals surface area (Å²) in [5.41, 5.74) is 0. The molecule has 1 fully saturated rings. The van der Waals surface area contributed by atoms with E-state index in [1.807, 2.05) is 0 Å². The van der Waals surface area contributed by atoms with Crippen LogP contribution in [0, 0.1) is 11.8 Å². The molecular weight excluding hydrogens is 258 g/mol. The molecule has 3 N–H and O–H groups in total. The van der Waals surface area contributed by atoms with Crippen molar-refractivity contribution >= 4 is 12.0 Å². The van der Waals surface area contributed by atoms with Crippen LogP contribution in [0.5, 0.6) is 0 Å². The van der Waals surface area contributed by atoms with Gasteiger partial charge in [-0.15, -0.1) is 0 Å². The summed E-state index contributed by atoms with van der Waals surface area (Å²) in [5.74, 6) is -4.25. The topological polar surface area (TPSA) is 78.4 Å². The van der Waals surface area contributed by atoms with Crippen LogP contribution in [0.25, 0.3) is 0 Å². The molecule has 0 saturated heterocycles. The summed E-state index contributed by atoms with van der Waals surface area (Å²) in [6.45, 7) is 3.50. The Morgan fingerprint density at radius 2 is 2.05 bits per heavy atom. The zero-order valence-corrected chi connectivity index (χ0v) is 11.1. The second kappa shape index (κ2) is 6.16. The largest absolute Gasteiger partial charge is 0.480 e. The van der Waals surface area contributed by atoms with E-state index in [9.17, 15) is 18.4 Å². The summed E-state index contributed by atoms with van der Waals surface area (Å²) >= 11 is 0. The van der Waals surface area contributed by atoms with Gasteiger partial charge in [0.15, 0.2) is 0 Å². The van der Waals surface area contributed by atoms with E-state index in [1.54, 1.807) is 13.8 Å². The summed E-state index contributed by atoms with van der Waals surface area (Å²) in [4.78, 5) is 22.4. The average Bonchev–Trinajstić information content (AvgIpc) is 2.62. The van der Waals surface area contributed by atoms with Gasteiger partial charge in [-0.25, -0.2) is 18.4 Å². The molecule has 0 aliphatic heterocycles. The van der Waals surface area contributed by atoms with Crippen molar-refractivity contribution in [2.24, 2.45) is 11.8 Å². The first-order valence-corrected chi connectivity index (χ1v) is 6.36. The molecule has 1 aliphatic carbocycles. The minimum absolute atomic E-state index is 0.145. The molecule has 19 heavy (non-hydrogen) atoms. The molecule has 0 aromatic heterocycles. The lowest BCUT2D eigenvalue weighted by Crippen LogP contribution is -2.49. The number of halogens is 2. The second-order valence-electron chi connectivity index (χ2n) is 5.38. The molecule has 7 heteroatoms. The number of carboxylic acid groups (broad SMARTS) is 1. The van der Waals surface area contributed by atoms with Gasteiger partial charge in [0, 0.05) is 19.4 Å². The second-order valence-corrected chi connectivity index (χ2v) is 5.38. The molecule has 1 saturated carbocycles. The minimum Gasteiger partial charge on any atom is -0.480 e. The molecule has 1 aliphatic rings. The van der Waals surface area contributed by atoms with Crippen LogP contribution < -0.4 is 10.6 Å². The van der Waals surface area contributed by atoms with E-state index in [1.165, 1.54) is 0 Å². The first-order chi connectivity index (χ1) is 8.71. The van der Waals surface area contributed by atoms with Crippen LogP contribution in [-0.2, 0) is 4.79 Å². The van der Waals surface area contributed by atoms with Crippen LogP contribution in [0.4, 0.5) is 13.6 Å². The van der Waals surface area contributed by atoms with Crippen molar-refractivity contribution in [3.05, 3.63) is 0 Å². The van der Waals surface area contributed by atoms with Crippen molar-refractivity contribution in [3.63, 3.8) is 0 Å². The Labute approximate surface area is 110 Å². The monoisotopic (exact) mass is 278 g/mol. The van der Waals surface area contributed by atoms with Crippen molar-refractivity contribution in [1.29, 1.82) is 0 Å². The Balaban J connectivity index is 2.34. The third kappa shape index (κ3) is 5.00. The van der Waals surface area contributed by atoms with E-state index in [4.69, 9.17) is 5.11 Å². The fourth-order valence-corrected chi connectivity index (χ4v) is 2.16. The van der Waals surface area contributed by atoms with Crippen molar-refractivity contribution in [2.45, 2.75) is 45.1 Å². The number of carbonyl (C=O) groups is 2. The first-order valence-electron chi connectivity index (χ1n) is 6.36. The Morgan fingerprint density at radius 1 is 1.42 bits per heavy atom. The van der Waals surface area contributed by atoms with Crippen LogP contribution in [0.1, 0.15) is 33.1 Å². The molecule has 0 aromatic carbocycles. The number of nitrogens with one attached hydrogen (secondary N) is 2. The molecule has 0 radical (unpaired) electrons. The van der Waals surface area contributed by atoms with E-state index in [-0.39, 0.29) is 31.2 Å². The lowest BCUT2D eigenvalue weighted by atomic mass is 10.1. The highest BCUT2D eigenvalue weighted by molar-refractivity contribution is 5.82. The Hall–Kier alpha value is -1.40. The van der Waals surface area contributed by atoms with Crippen molar-refractivity contribution in [1.82, 2.24) is 10.6 Å². The normalized spacial score (nSPS) is 23.1. The molecule has 5 nitrogen and oxygen atoms in total. The summed E-state index contributed by atoms with van der Waals surface area (Å²) in [5, 5.41) is 13.7. The summed E-state index contributed by atoms with van der Waals surface area (Å²) in [6, 6.07) is -1.61. The first kappa shape index (κ1) is 15.7. The van der Waals surface area contributed by atoms with Gasteiger partial charge in [0.1, 0.15) is 6.04 Å². The highest BCUT2D eigenvalue weighted by atomic mass is 19.3. The number of hydrogen-bond donors (Lipinski definition) is 3. The van der Waals surface area contributed by atoms with Gasteiger partial charge >= 0.3 is 12.0 Å². The van der Waals surface area contributed by atoms with Crippen molar-refractivity contribution in [2.75, 3.05) is 6.54 Å². The molecule has 2 unspecified atom stereocenters. The predicted molar refractivity (Wildman–Crippen MR) is 65.1 cm³/mol. The fraction of sp³-hybridized carbons (Fsp3) is 0.833. The van der Waals surface area contributed by atoms with E-state index in [2.05, 4.69) is 10.6 Å². The van der Waals surface area contributed by atoms with Crippen LogP contribution in [0.2, 0.25) is 0 Å². The number of aliphatic carboxylic acids is 1. The molecule has 0 bridgehead atoms. The fourth-order valence-electron chi connectivity index (χ4n) is 2.16. The smallest absolute Gasteiger partial charge is 0.326 e. The van der Waals surface area contributed by atoms with E-state index in [0.717, 1.165) is 0 Å². The Bertz CT molecular complexity index is 348. The van der Waals surface area contributed by atoms with Gasteiger partial charge in [0.25, 0.3) is 0 Å². The third-order valence-corrected chi connectivity index (χ3v) is 3.28. The van der Waals surface area contributed by atoms with Gasteiger partial charge in [-0.2, -0.15) is 0 Å². The lowest BCUT2D eigenvalue weighted by molar-refractivity contribution is -0.140. The minimum atomic E-state index is -2.63. The molecule has 1 rings (SSSR count). The summed E-state index contributed by atoms with van der Waals surface area (Å²) in [7, 11) is 0. The number of alkyl halides is 2. The van der Waals surface area contributed by atoms with Crippen LogP contribution >= 0.6 is 0 Å². The molecule has 2 amide bonds. The van der Waals surface area contributed by atoms with Crippen molar-refractivity contribution < 1.29 is 23.5 Å². The van der Waals surface area contributed by atoms with E-state index < -0.39 is 24.0 Å². The van der Waals surface area contributed by atoms with Gasteiger partial charge < -0.3 is 15.7 Å². The molecular formula is C12H20F2N2O3. The number of urea groups is 1. The Kier molecular flexibility index (Phi) is 5.08. The number of rotatable bonds is 5. The average molecular weight is 278 g/mol. The maximum atomic E-state index is 12.9. The molecule has 110 valence electrons. The zero-order valence-electron chi connectivity index (χ0n) is 11.1. The van der Waals surface area contributed by atoms with Crippen molar-refractivity contribution in [3.8, 4) is 0 Å². The van der Waals surface area contributed by atoms with Crippen LogP contribution in [-0.4, -0.2) is 35.6 Å². The number of hydrogen-bond acceptors (Lipinski definition) is 2. The number of carboxylic acids is 1. The van der Waals surface area contributed by atoms with Gasteiger partial charge in [0.2, 0.25) is 5.92 Å². The van der Waals surface area contributed by atoms with Gasteiger partial charge in [-0.3, -0.25) is 0 Å². The molecule has 0 heterocycles. The molecule has 2 atom stereocenters. The predicted octanol–water partition coefficient (Wildman–Crippen LogP) is 1.83. The quantitative estimate of drug-likeness (QED) is 0.718. The third-order valence-electron chi connectivity index (χ3n) is 3.28. The number of carbonyl (C=O) groups excluding carboxylic acids is 1. The maximum absolute atomic E-state index is 12.9. The molecule has 0 aromatic rings. The van der Waals surface area contributed by atoms with E-state index in [0.29, 0.717) is 6.42 Å². The van der Waals surface area contributed by atoms with Gasteiger partial charge in [-0.1, -0.05) is 13.8 Å². The lowest BCUT2D eigenvalue weighted by Gasteiger charge is -2.19. The highest BCUT2D eigenvalue weighted by Crippen LogP contribution is 2.38. The van der Waals surface area contributed by atoms with E-state index >= 15 is 0 Å². The van der Waals surface area contributed by atoms with Gasteiger partial charge in [0.05, 0.1) is 0 Å². The summed E-state index contributed by atoms with van der Waals surface area (Å²) < 4.78 is 25.9. The highest BCUT2D eigenvalue weighted by Gasteiger charge is 2.39. The molecule has 0 spiro atoms. The Morgan fingerprint density at radius 3 is 2.47 bits per heavy atom. The standard InChI is InChI=1S/C12H20F2N2O3/c1-7(2)9(10(17)18)16-11(19)15-6-8-3-4-12(13,14)5-8/h7-9H,3-6H2,1-2H3,(H,17,18)(H2,15,16,19). The SMILES string of the molecule is CC(C)C(NC(=O)NCC1CCC(F)(F)C1)C(=O)O.